The zero-order valence-electron chi connectivity index (χ0n) is 18.5. The predicted octanol–water partition coefficient (Wildman–Crippen LogP) is 2.97. The van der Waals surface area contributed by atoms with Crippen LogP contribution in [0.15, 0.2) is 53.3 Å². The Morgan fingerprint density at radius 3 is 2.30 bits per heavy atom. The summed E-state index contributed by atoms with van der Waals surface area (Å²) in [5.41, 5.74) is 2.33. The molecule has 170 valence electrons. The van der Waals surface area contributed by atoms with Gasteiger partial charge in [-0.25, -0.2) is 4.98 Å². The number of unbranched alkanes of at least 4 members (excludes halogenated alkanes) is 1. The molecule has 0 saturated heterocycles. The molecule has 1 aliphatic rings. The van der Waals surface area contributed by atoms with Crippen LogP contribution in [-0.4, -0.2) is 45.4 Å². The first-order valence-electron chi connectivity index (χ1n) is 11.1. The minimum atomic E-state index is -0.513. The Morgan fingerprint density at radius 1 is 0.939 bits per heavy atom. The van der Waals surface area contributed by atoms with Crippen LogP contribution in [0.5, 0.6) is 0 Å². The zero-order chi connectivity index (χ0) is 23.4. The number of amides is 2. The van der Waals surface area contributed by atoms with Crippen molar-refractivity contribution in [1.82, 2.24) is 14.5 Å². The van der Waals surface area contributed by atoms with Gasteiger partial charge in [-0.05, 0) is 30.7 Å². The van der Waals surface area contributed by atoms with Gasteiger partial charge in [0, 0.05) is 13.0 Å². The number of hydrogen-bond donors (Lipinski definition) is 0. The molecule has 4 rings (SSSR count). The van der Waals surface area contributed by atoms with Crippen molar-refractivity contribution in [1.29, 1.82) is 0 Å². The number of rotatable bonds is 9. The van der Waals surface area contributed by atoms with E-state index in [1.54, 1.807) is 28.8 Å². The molecule has 0 N–H and O–H groups in total. The number of hydrogen-bond acceptors (Lipinski definition) is 6. The van der Waals surface area contributed by atoms with Gasteiger partial charge in [0.1, 0.15) is 12.3 Å². The molecular weight excluding hydrogens is 422 g/mol. The third-order valence-electron chi connectivity index (χ3n) is 5.68. The van der Waals surface area contributed by atoms with E-state index in [1.807, 2.05) is 24.3 Å². The van der Waals surface area contributed by atoms with E-state index in [2.05, 4.69) is 11.9 Å². The molecule has 2 heterocycles. The maximum absolute atomic E-state index is 12.9. The third-order valence-corrected chi connectivity index (χ3v) is 5.68. The van der Waals surface area contributed by atoms with Crippen molar-refractivity contribution in [2.24, 2.45) is 0 Å². The summed E-state index contributed by atoms with van der Waals surface area (Å²) in [5.74, 6) is -1.29. The van der Waals surface area contributed by atoms with Crippen LogP contribution in [0.3, 0.4) is 0 Å². The molecule has 0 bridgehead atoms. The number of imide groups is 1. The fourth-order valence-electron chi connectivity index (χ4n) is 3.93. The number of benzene rings is 2. The highest BCUT2D eigenvalue weighted by atomic mass is 16.5. The lowest BCUT2D eigenvalue weighted by atomic mass is 10.1. The Morgan fingerprint density at radius 2 is 1.61 bits per heavy atom. The Kier molecular flexibility index (Phi) is 6.63. The van der Waals surface area contributed by atoms with Gasteiger partial charge in [-0.1, -0.05) is 37.6 Å². The molecule has 8 nitrogen and oxygen atoms in total. The van der Waals surface area contributed by atoms with Gasteiger partial charge in [0.15, 0.2) is 0 Å². The summed E-state index contributed by atoms with van der Waals surface area (Å²) >= 11 is 0. The van der Waals surface area contributed by atoms with Crippen LogP contribution in [-0.2, 0) is 22.5 Å². The summed E-state index contributed by atoms with van der Waals surface area (Å²) < 4.78 is 6.94. The van der Waals surface area contributed by atoms with Gasteiger partial charge < -0.3 is 9.30 Å². The third kappa shape index (κ3) is 4.55. The molecule has 0 radical (unpaired) electrons. The molecule has 8 heteroatoms. The van der Waals surface area contributed by atoms with Crippen LogP contribution in [0.4, 0.5) is 0 Å². The monoisotopic (exact) mass is 447 g/mol. The van der Waals surface area contributed by atoms with Gasteiger partial charge in [0.25, 0.3) is 17.4 Å². The lowest BCUT2D eigenvalue weighted by Crippen LogP contribution is -2.33. The molecule has 2 aromatic carbocycles. The van der Waals surface area contributed by atoms with Gasteiger partial charge in [-0.2, -0.15) is 0 Å². The van der Waals surface area contributed by atoms with E-state index in [9.17, 15) is 19.2 Å². The summed E-state index contributed by atoms with van der Waals surface area (Å²) in [5, 5.41) is 0. The maximum atomic E-state index is 12.9. The fraction of sp³-hybridized carbons (Fsp3) is 0.320. The Balaban J connectivity index is 1.36. The van der Waals surface area contributed by atoms with Crippen molar-refractivity contribution in [2.45, 2.75) is 39.2 Å². The molecule has 33 heavy (non-hydrogen) atoms. The Labute approximate surface area is 190 Å². The molecule has 0 aliphatic carbocycles. The van der Waals surface area contributed by atoms with Crippen molar-refractivity contribution < 1.29 is 19.1 Å². The SMILES string of the molecule is CCCCn1c(=O)c(CCC(=O)OCCN2C(=O)c3ccccc3C2=O)nc2ccccc21. The molecule has 0 spiro atoms. The van der Waals surface area contributed by atoms with Crippen molar-refractivity contribution in [3.8, 4) is 0 Å². The molecular formula is C25H25N3O5. The quantitative estimate of drug-likeness (QED) is 0.369. The molecule has 0 atom stereocenters. The van der Waals surface area contributed by atoms with Crippen LogP contribution < -0.4 is 5.56 Å². The molecule has 2 amide bonds. The van der Waals surface area contributed by atoms with E-state index in [4.69, 9.17) is 4.74 Å². The first-order valence-corrected chi connectivity index (χ1v) is 11.1. The first-order chi connectivity index (χ1) is 16.0. The molecule has 3 aromatic rings. The average Bonchev–Trinajstić information content (AvgIpc) is 3.07. The lowest BCUT2D eigenvalue weighted by Gasteiger charge is -2.14. The molecule has 0 unspecified atom stereocenters. The lowest BCUT2D eigenvalue weighted by molar-refractivity contribution is -0.143. The second-order valence-electron chi connectivity index (χ2n) is 7.89. The van der Waals surface area contributed by atoms with E-state index in [0.717, 1.165) is 23.3 Å². The summed E-state index contributed by atoms with van der Waals surface area (Å²) in [4.78, 5) is 55.5. The van der Waals surface area contributed by atoms with Gasteiger partial charge in [-0.3, -0.25) is 24.1 Å². The maximum Gasteiger partial charge on any atom is 0.306 e. The summed E-state index contributed by atoms with van der Waals surface area (Å²) in [6.07, 6.45) is 1.96. The minimum Gasteiger partial charge on any atom is -0.464 e. The normalized spacial score (nSPS) is 12.9. The molecule has 0 saturated carbocycles. The van der Waals surface area contributed by atoms with Gasteiger partial charge >= 0.3 is 5.97 Å². The average molecular weight is 447 g/mol. The van der Waals surface area contributed by atoms with Crippen LogP contribution in [0.25, 0.3) is 11.0 Å². The molecule has 1 aliphatic heterocycles. The number of fused-ring (bicyclic) bond motifs is 2. The Hall–Kier alpha value is -3.81. The number of aromatic nitrogens is 2. The largest absolute Gasteiger partial charge is 0.464 e. The van der Waals surface area contributed by atoms with Crippen molar-refractivity contribution in [2.75, 3.05) is 13.2 Å². The summed E-state index contributed by atoms with van der Waals surface area (Å²) in [6, 6.07) is 14.1. The van der Waals surface area contributed by atoms with Gasteiger partial charge in [0.05, 0.1) is 35.1 Å². The first kappa shape index (κ1) is 22.4. The summed E-state index contributed by atoms with van der Waals surface area (Å²) in [6.45, 7) is 2.54. The van der Waals surface area contributed by atoms with E-state index in [-0.39, 0.29) is 43.4 Å². The van der Waals surface area contributed by atoms with E-state index >= 15 is 0 Å². The number of aryl methyl sites for hydroxylation is 2. The second-order valence-corrected chi connectivity index (χ2v) is 7.89. The molecule has 1 aromatic heterocycles. The smallest absolute Gasteiger partial charge is 0.306 e. The van der Waals surface area contributed by atoms with Crippen molar-refractivity contribution in [3.63, 3.8) is 0 Å². The van der Waals surface area contributed by atoms with Gasteiger partial charge in [0.2, 0.25) is 0 Å². The molecule has 0 fully saturated rings. The highest BCUT2D eigenvalue weighted by molar-refractivity contribution is 6.21. The fourth-order valence-corrected chi connectivity index (χ4v) is 3.93. The van der Waals surface area contributed by atoms with Crippen LogP contribution >= 0.6 is 0 Å². The number of carbonyl (C=O) groups is 3. The Bertz CT molecular complexity index is 1250. The van der Waals surface area contributed by atoms with Crippen LogP contribution in [0, 0.1) is 0 Å². The van der Waals surface area contributed by atoms with Crippen molar-refractivity contribution in [3.05, 3.63) is 75.7 Å². The highest BCUT2D eigenvalue weighted by Gasteiger charge is 2.34. The van der Waals surface area contributed by atoms with E-state index in [1.165, 1.54) is 0 Å². The van der Waals surface area contributed by atoms with E-state index in [0.29, 0.717) is 28.9 Å². The predicted molar refractivity (Wildman–Crippen MR) is 122 cm³/mol. The number of para-hydroxylation sites is 2. The standard InChI is InChI=1S/C25H25N3O5/c1-2-3-14-27-21-11-7-6-10-19(21)26-20(25(27)32)12-13-22(29)33-16-15-28-23(30)17-8-4-5-9-18(17)24(28)31/h4-11H,2-3,12-16H2,1H3. The minimum absolute atomic E-state index is 0.0174. The number of carbonyl (C=O) groups excluding carboxylic acids is 3. The second kappa shape index (κ2) is 9.77. The van der Waals surface area contributed by atoms with Crippen LogP contribution in [0.1, 0.15) is 52.6 Å². The zero-order valence-corrected chi connectivity index (χ0v) is 18.5. The number of nitrogens with zero attached hydrogens (tertiary/aromatic N) is 3. The highest BCUT2D eigenvalue weighted by Crippen LogP contribution is 2.22. The topological polar surface area (TPSA) is 98.6 Å². The number of ether oxygens (including phenoxy) is 1. The van der Waals surface area contributed by atoms with Gasteiger partial charge in [-0.15, -0.1) is 0 Å². The summed E-state index contributed by atoms with van der Waals surface area (Å²) in [7, 11) is 0. The number of esters is 1. The van der Waals surface area contributed by atoms with E-state index < -0.39 is 5.97 Å². The van der Waals surface area contributed by atoms with Crippen molar-refractivity contribution >= 4 is 28.8 Å². The van der Waals surface area contributed by atoms with Crippen LogP contribution in [0.2, 0.25) is 0 Å².